The van der Waals surface area contributed by atoms with Crippen molar-refractivity contribution in [3.8, 4) is 5.75 Å². The summed E-state index contributed by atoms with van der Waals surface area (Å²) in [6, 6.07) is 14.0. The van der Waals surface area contributed by atoms with Gasteiger partial charge in [-0.05, 0) is 43.2 Å². The normalized spacial score (nSPS) is 13.8. The quantitative estimate of drug-likeness (QED) is 0.894. The lowest BCUT2D eigenvalue weighted by Gasteiger charge is -2.24. The van der Waals surface area contributed by atoms with E-state index in [2.05, 4.69) is 24.0 Å². The molecule has 3 nitrogen and oxygen atoms in total. The molecule has 1 unspecified atom stereocenters. The minimum absolute atomic E-state index is 0.303. The third-order valence-electron chi connectivity index (χ3n) is 3.08. The number of hydrogen-bond donors (Lipinski definition) is 1. The van der Waals surface area contributed by atoms with Crippen LogP contribution in [0.5, 0.6) is 5.75 Å². The second-order valence-corrected chi connectivity index (χ2v) is 5.18. The monoisotopic (exact) mass is 256 g/mol. The summed E-state index contributed by atoms with van der Waals surface area (Å²) in [6.45, 7) is 2.06. The summed E-state index contributed by atoms with van der Waals surface area (Å²) in [5, 5.41) is 0. The lowest BCUT2D eigenvalue weighted by Crippen LogP contribution is -2.41. The van der Waals surface area contributed by atoms with Crippen molar-refractivity contribution in [2.75, 3.05) is 7.11 Å². The van der Waals surface area contributed by atoms with E-state index in [0.717, 1.165) is 24.3 Å². The fourth-order valence-corrected chi connectivity index (χ4v) is 2.19. The summed E-state index contributed by atoms with van der Waals surface area (Å²) in [4.78, 5) is 4.33. The largest absolute Gasteiger partial charge is 0.497 e. The average Bonchev–Trinajstić information content (AvgIpc) is 2.39. The Morgan fingerprint density at radius 3 is 2.42 bits per heavy atom. The van der Waals surface area contributed by atoms with Gasteiger partial charge >= 0.3 is 0 Å². The molecule has 0 fully saturated rings. The molecule has 0 spiro atoms. The van der Waals surface area contributed by atoms with Gasteiger partial charge in [0.15, 0.2) is 0 Å². The van der Waals surface area contributed by atoms with Crippen LogP contribution in [-0.4, -0.2) is 17.6 Å². The summed E-state index contributed by atoms with van der Waals surface area (Å²) in [7, 11) is 1.67. The van der Waals surface area contributed by atoms with E-state index in [-0.39, 0.29) is 5.54 Å². The standard InChI is InChI=1S/C16H20N2O/c1-16(17,12-14-5-3-4-10-18-14)11-13-6-8-15(19-2)9-7-13/h3-10H,11-12,17H2,1-2H3. The molecule has 100 valence electrons. The summed E-state index contributed by atoms with van der Waals surface area (Å²) in [5.41, 5.74) is 8.32. The number of nitrogens with zero attached hydrogens (tertiary/aromatic N) is 1. The number of nitrogens with two attached hydrogens (primary N) is 1. The molecule has 2 aromatic rings. The van der Waals surface area contributed by atoms with Crippen LogP contribution in [0, 0.1) is 0 Å². The van der Waals surface area contributed by atoms with Crippen molar-refractivity contribution < 1.29 is 4.74 Å². The minimum Gasteiger partial charge on any atom is -0.497 e. The second kappa shape index (κ2) is 5.85. The highest BCUT2D eigenvalue weighted by molar-refractivity contribution is 5.28. The minimum atomic E-state index is -0.303. The lowest BCUT2D eigenvalue weighted by atomic mass is 9.89. The molecule has 0 radical (unpaired) electrons. The second-order valence-electron chi connectivity index (χ2n) is 5.18. The van der Waals surface area contributed by atoms with Gasteiger partial charge in [0.1, 0.15) is 5.75 Å². The summed E-state index contributed by atoms with van der Waals surface area (Å²) in [6.07, 6.45) is 3.38. The van der Waals surface area contributed by atoms with Gasteiger partial charge in [0.05, 0.1) is 7.11 Å². The number of hydrogen-bond acceptors (Lipinski definition) is 3. The van der Waals surface area contributed by atoms with Crippen LogP contribution in [0.25, 0.3) is 0 Å². The maximum absolute atomic E-state index is 6.38. The Kier molecular flexibility index (Phi) is 4.17. The zero-order valence-electron chi connectivity index (χ0n) is 11.5. The Labute approximate surface area is 114 Å². The predicted molar refractivity (Wildman–Crippen MR) is 77.2 cm³/mol. The van der Waals surface area contributed by atoms with Crippen LogP contribution in [-0.2, 0) is 12.8 Å². The van der Waals surface area contributed by atoms with Crippen LogP contribution in [0.15, 0.2) is 48.7 Å². The first-order valence-corrected chi connectivity index (χ1v) is 6.41. The van der Waals surface area contributed by atoms with Crippen molar-refractivity contribution >= 4 is 0 Å². The Bertz CT molecular complexity index is 506. The molecule has 1 heterocycles. The number of aromatic nitrogens is 1. The van der Waals surface area contributed by atoms with Gasteiger partial charge in [0.25, 0.3) is 0 Å². The highest BCUT2D eigenvalue weighted by atomic mass is 16.5. The average molecular weight is 256 g/mol. The first-order chi connectivity index (χ1) is 9.09. The van der Waals surface area contributed by atoms with E-state index in [4.69, 9.17) is 10.5 Å². The molecule has 1 aromatic heterocycles. The van der Waals surface area contributed by atoms with Crippen LogP contribution < -0.4 is 10.5 Å². The fraction of sp³-hybridized carbons (Fsp3) is 0.312. The van der Waals surface area contributed by atoms with Crippen molar-refractivity contribution in [3.05, 3.63) is 59.9 Å². The topological polar surface area (TPSA) is 48.1 Å². The molecule has 0 aliphatic rings. The SMILES string of the molecule is COc1ccc(CC(C)(N)Cc2ccccn2)cc1. The van der Waals surface area contributed by atoms with Gasteiger partial charge in [-0.2, -0.15) is 0 Å². The van der Waals surface area contributed by atoms with Gasteiger partial charge in [-0.3, -0.25) is 4.98 Å². The van der Waals surface area contributed by atoms with Crippen molar-refractivity contribution in [3.63, 3.8) is 0 Å². The van der Waals surface area contributed by atoms with E-state index in [0.29, 0.717) is 0 Å². The van der Waals surface area contributed by atoms with Gasteiger partial charge in [-0.15, -0.1) is 0 Å². The fourth-order valence-electron chi connectivity index (χ4n) is 2.19. The van der Waals surface area contributed by atoms with Gasteiger partial charge < -0.3 is 10.5 Å². The Morgan fingerprint density at radius 1 is 1.11 bits per heavy atom. The molecule has 0 saturated carbocycles. The van der Waals surface area contributed by atoms with Crippen LogP contribution in [0.2, 0.25) is 0 Å². The molecule has 0 bridgehead atoms. The molecule has 3 heteroatoms. The number of benzene rings is 1. The van der Waals surface area contributed by atoms with Gasteiger partial charge in [-0.1, -0.05) is 18.2 Å². The molecule has 1 atom stereocenters. The third kappa shape index (κ3) is 4.07. The Hall–Kier alpha value is -1.87. The number of methoxy groups -OCH3 is 1. The van der Waals surface area contributed by atoms with E-state index >= 15 is 0 Å². The number of rotatable bonds is 5. The number of pyridine rings is 1. The highest BCUT2D eigenvalue weighted by Gasteiger charge is 2.20. The van der Waals surface area contributed by atoms with Gasteiger partial charge in [0.2, 0.25) is 0 Å². The van der Waals surface area contributed by atoms with Crippen molar-refractivity contribution in [2.45, 2.75) is 25.3 Å². The van der Waals surface area contributed by atoms with Crippen LogP contribution in [0.3, 0.4) is 0 Å². The third-order valence-corrected chi connectivity index (χ3v) is 3.08. The maximum atomic E-state index is 6.38. The van der Waals surface area contributed by atoms with Crippen molar-refractivity contribution in [2.24, 2.45) is 5.73 Å². The smallest absolute Gasteiger partial charge is 0.118 e. The molecule has 0 amide bonds. The molecule has 0 aliphatic carbocycles. The zero-order valence-corrected chi connectivity index (χ0v) is 11.5. The molecule has 2 N–H and O–H groups in total. The zero-order chi connectivity index (χ0) is 13.7. The lowest BCUT2D eigenvalue weighted by molar-refractivity contribution is 0.414. The summed E-state index contributed by atoms with van der Waals surface area (Å²) >= 11 is 0. The van der Waals surface area contributed by atoms with E-state index in [1.807, 2.05) is 30.3 Å². The van der Waals surface area contributed by atoms with Crippen LogP contribution in [0.4, 0.5) is 0 Å². The van der Waals surface area contributed by atoms with Crippen molar-refractivity contribution in [1.82, 2.24) is 4.98 Å². The molecular weight excluding hydrogens is 236 g/mol. The van der Waals surface area contributed by atoms with Crippen LogP contribution in [0.1, 0.15) is 18.2 Å². The molecule has 0 aliphatic heterocycles. The Balaban J connectivity index is 2.03. The maximum Gasteiger partial charge on any atom is 0.118 e. The van der Waals surface area contributed by atoms with E-state index < -0.39 is 0 Å². The predicted octanol–water partition coefficient (Wildman–Crippen LogP) is 2.59. The Morgan fingerprint density at radius 2 is 1.84 bits per heavy atom. The van der Waals surface area contributed by atoms with E-state index in [1.165, 1.54) is 5.56 Å². The molecular formula is C16H20N2O. The van der Waals surface area contributed by atoms with Crippen LogP contribution >= 0.6 is 0 Å². The van der Waals surface area contributed by atoms with Gasteiger partial charge in [-0.25, -0.2) is 0 Å². The number of ether oxygens (including phenoxy) is 1. The van der Waals surface area contributed by atoms with E-state index in [1.54, 1.807) is 13.3 Å². The van der Waals surface area contributed by atoms with E-state index in [9.17, 15) is 0 Å². The molecule has 0 saturated heterocycles. The highest BCUT2D eigenvalue weighted by Crippen LogP contribution is 2.18. The summed E-state index contributed by atoms with van der Waals surface area (Å²) < 4.78 is 5.15. The molecule has 2 rings (SSSR count). The molecule has 19 heavy (non-hydrogen) atoms. The first-order valence-electron chi connectivity index (χ1n) is 6.41. The van der Waals surface area contributed by atoms with Crippen molar-refractivity contribution in [1.29, 1.82) is 0 Å². The molecule has 1 aromatic carbocycles. The van der Waals surface area contributed by atoms with Gasteiger partial charge in [0, 0.05) is 23.9 Å². The summed E-state index contributed by atoms with van der Waals surface area (Å²) in [5.74, 6) is 0.868. The first kappa shape index (κ1) is 13.6.